The van der Waals surface area contributed by atoms with Gasteiger partial charge in [-0.3, -0.25) is 0 Å². The van der Waals surface area contributed by atoms with E-state index in [1.54, 1.807) is 36.4 Å². The van der Waals surface area contributed by atoms with Gasteiger partial charge in [-0.25, -0.2) is 9.18 Å². The molecule has 0 spiro atoms. The monoisotopic (exact) mass is 360 g/mol. The Kier molecular flexibility index (Phi) is 4.24. The largest absolute Gasteiger partial charge is 0.507 e. The van der Waals surface area contributed by atoms with Gasteiger partial charge in [0.2, 0.25) is 0 Å². The molecule has 1 aromatic heterocycles. The fourth-order valence-electron chi connectivity index (χ4n) is 3.45. The van der Waals surface area contributed by atoms with E-state index in [9.17, 15) is 14.3 Å². The van der Waals surface area contributed by atoms with E-state index in [-0.39, 0.29) is 17.1 Å². The van der Waals surface area contributed by atoms with Crippen molar-refractivity contribution in [1.29, 1.82) is 0 Å². The van der Waals surface area contributed by atoms with Crippen LogP contribution in [0.25, 0.3) is 22.1 Å². The van der Waals surface area contributed by atoms with Crippen LogP contribution in [0.2, 0.25) is 0 Å². The first-order valence-corrected chi connectivity index (χ1v) is 8.66. The Morgan fingerprint density at radius 1 is 0.926 bits per heavy atom. The van der Waals surface area contributed by atoms with E-state index in [1.807, 2.05) is 31.2 Å². The maximum absolute atomic E-state index is 13.3. The number of aromatic hydroxyl groups is 1. The second-order valence-electron chi connectivity index (χ2n) is 6.46. The molecule has 0 aliphatic rings. The van der Waals surface area contributed by atoms with Crippen LogP contribution in [0, 0.1) is 5.82 Å². The minimum Gasteiger partial charge on any atom is -0.507 e. The SMILES string of the molecule is CC(c1ccccc1-c1ccc(F)cc1)c1c(O)c2ccccc2oc1=O. The molecule has 0 aliphatic heterocycles. The molecule has 1 atom stereocenters. The van der Waals surface area contributed by atoms with E-state index < -0.39 is 11.5 Å². The molecule has 3 nitrogen and oxygen atoms in total. The predicted molar refractivity (Wildman–Crippen MR) is 104 cm³/mol. The lowest BCUT2D eigenvalue weighted by atomic mass is 9.87. The van der Waals surface area contributed by atoms with E-state index in [0.29, 0.717) is 11.0 Å². The van der Waals surface area contributed by atoms with Gasteiger partial charge in [-0.1, -0.05) is 55.5 Å². The molecule has 0 fully saturated rings. The Morgan fingerprint density at radius 2 is 1.59 bits per heavy atom. The van der Waals surface area contributed by atoms with Crippen LogP contribution in [0.15, 0.2) is 82.0 Å². The lowest BCUT2D eigenvalue weighted by Crippen LogP contribution is -2.12. The van der Waals surface area contributed by atoms with Gasteiger partial charge in [0.05, 0.1) is 10.9 Å². The maximum Gasteiger partial charge on any atom is 0.343 e. The van der Waals surface area contributed by atoms with Crippen LogP contribution < -0.4 is 5.63 Å². The van der Waals surface area contributed by atoms with E-state index in [4.69, 9.17) is 4.42 Å². The number of hydrogen-bond acceptors (Lipinski definition) is 3. The maximum atomic E-state index is 13.3. The van der Waals surface area contributed by atoms with Gasteiger partial charge in [0.1, 0.15) is 17.1 Å². The van der Waals surface area contributed by atoms with Crippen LogP contribution in [0.1, 0.15) is 24.0 Å². The van der Waals surface area contributed by atoms with Crippen molar-refractivity contribution in [3.05, 3.63) is 100 Å². The first-order chi connectivity index (χ1) is 13.1. The molecule has 4 heteroatoms. The van der Waals surface area contributed by atoms with Gasteiger partial charge in [-0.2, -0.15) is 0 Å². The number of fused-ring (bicyclic) bond motifs is 1. The molecule has 27 heavy (non-hydrogen) atoms. The van der Waals surface area contributed by atoms with E-state index >= 15 is 0 Å². The summed E-state index contributed by atoms with van der Waals surface area (Å²) in [7, 11) is 0. The molecule has 134 valence electrons. The first kappa shape index (κ1) is 17.0. The summed E-state index contributed by atoms with van der Waals surface area (Å²) in [4.78, 5) is 12.6. The first-order valence-electron chi connectivity index (χ1n) is 8.66. The number of halogens is 1. The molecule has 4 aromatic rings. The van der Waals surface area contributed by atoms with Crippen LogP contribution >= 0.6 is 0 Å². The van der Waals surface area contributed by atoms with Gasteiger partial charge in [0.25, 0.3) is 0 Å². The Morgan fingerprint density at radius 3 is 2.37 bits per heavy atom. The van der Waals surface area contributed by atoms with Gasteiger partial charge >= 0.3 is 5.63 Å². The topological polar surface area (TPSA) is 50.4 Å². The highest BCUT2D eigenvalue weighted by molar-refractivity contribution is 5.84. The van der Waals surface area contributed by atoms with Gasteiger partial charge in [0.15, 0.2) is 0 Å². The highest BCUT2D eigenvalue weighted by atomic mass is 19.1. The molecule has 0 saturated heterocycles. The van der Waals surface area contributed by atoms with Crippen molar-refractivity contribution < 1.29 is 13.9 Å². The minimum atomic E-state index is -0.562. The Hall–Kier alpha value is -3.40. The van der Waals surface area contributed by atoms with Crippen molar-refractivity contribution >= 4 is 11.0 Å². The third-order valence-electron chi connectivity index (χ3n) is 4.84. The van der Waals surface area contributed by atoms with Crippen molar-refractivity contribution in [2.75, 3.05) is 0 Å². The van der Waals surface area contributed by atoms with Gasteiger partial charge < -0.3 is 9.52 Å². The molecule has 0 amide bonds. The number of para-hydroxylation sites is 1. The van der Waals surface area contributed by atoms with Crippen LogP contribution in [-0.2, 0) is 0 Å². The normalized spacial score (nSPS) is 12.2. The highest BCUT2D eigenvalue weighted by Crippen LogP contribution is 2.37. The molecule has 1 heterocycles. The summed E-state index contributed by atoms with van der Waals surface area (Å²) in [5.41, 5.74) is 2.56. The summed E-state index contributed by atoms with van der Waals surface area (Å²) < 4.78 is 18.7. The summed E-state index contributed by atoms with van der Waals surface area (Å²) in [5.74, 6) is -0.785. The molecular formula is C23H17FO3. The van der Waals surface area contributed by atoms with Gasteiger partial charge in [-0.05, 0) is 41.0 Å². The van der Waals surface area contributed by atoms with Crippen LogP contribution in [0.5, 0.6) is 5.75 Å². The number of hydrogen-bond donors (Lipinski definition) is 1. The quantitative estimate of drug-likeness (QED) is 0.494. The smallest absolute Gasteiger partial charge is 0.343 e. The lowest BCUT2D eigenvalue weighted by Gasteiger charge is -2.18. The predicted octanol–water partition coefficient (Wildman–Crippen LogP) is 5.46. The van der Waals surface area contributed by atoms with Crippen molar-refractivity contribution in [1.82, 2.24) is 0 Å². The molecule has 4 rings (SSSR count). The van der Waals surface area contributed by atoms with E-state index in [1.165, 1.54) is 12.1 Å². The second-order valence-corrected chi connectivity index (χ2v) is 6.46. The third kappa shape index (κ3) is 2.99. The second kappa shape index (κ2) is 6.72. The number of rotatable bonds is 3. The Bertz CT molecular complexity index is 1180. The zero-order chi connectivity index (χ0) is 19.0. The van der Waals surface area contributed by atoms with Gasteiger partial charge in [0, 0.05) is 5.92 Å². The number of benzene rings is 3. The molecule has 0 radical (unpaired) electrons. The molecular weight excluding hydrogens is 343 g/mol. The fourth-order valence-corrected chi connectivity index (χ4v) is 3.45. The summed E-state index contributed by atoms with van der Waals surface area (Å²) in [6, 6.07) is 20.7. The van der Waals surface area contributed by atoms with E-state index in [2.05, 4.69) is 0 Å². The molecule has 0 bridgehead atoms. The van der Waals surface area contributed by atoms with Crippen molar-refractivity contribution in [2.45, 2.75) is 12.8 Å². The average Bonchev–Trinajstić information content (AvgIpc) is 2.68. The van der Waals surface area contributed by atoms with Crippen LogP contribution in [-0.4, -0.2) is 5.11 Å². The molecule has 3 aromatic carbocycles. The molecule has 1 N–H and O–H groups in total. The van der Waals surface area contributed by atoms with Crippen molar-refractivity contribution in [2.24, 2.45) is 0 Å². The Labute approximate surface area is 155 Å². The zero-order valence-corrected chi connectivity index (χ0v) is 14.6. The highest BCUT2D eigenvalue weighted by Gasteiger charge is 2.23. The average molecular weight is 360 g/mol. The van der Waals surface area contributed by atoms with Crippen LogP contribution in [0.3, 0.4) is 0 Å². The summed E-state index contributed by atoms with van der Waals surface area (Å²) >= 11 is 0. The summed E-state index contributed by atoms with van der Waals surface area (Å²) in [5, 5.41) is 11.2. The molecule has 1 unspecified atom stereocenters. The lowest BCUT2D eigenvalue weighted by molar-refractivity contribution is 0.453. The summed E-state index contributed by atoms with van der Waals surface area (Å²) in [6.45, 7) is 1.85. The summed E-state index contributed by atoms with van der Waals surface area (Å²) in [6.07, 6.45) is 0. The van der Waals surface area contributed by atoms with Crippen molar-refractivity contribution in [3.63, 3.8) is 0 Å². The minimum absolute atomic E-state index is 0.0664. The Balaban J connectivity index is 1.90. The zero-order valence-electron chi connectivity index (χ0n) is 14.6. The van der Waals surface area contributed by atoms with Crippen molar-refractivity contribution in [3.8, 4) is 16.9 Å². The standard InChI is InChI=1S/C23H17FO3/c1-14(21-22(25)19-8-4-5-9-20(19)27-23(21)26)17-6-2-3-7-18(17)15-10-12-16(24)13-11-15/h2-14,25H,1H3. The fraction of sp³-hybridized carbons (Fsp3) is 0.0870. The third-order valence-corrected chi connectivity index (χ3v) is 4.84. The van der Waals surface area contributed by atoms with E-state index in [0.717, 1.165) is 16.7 Å². The molecule has 0 aliphatic carbocycles. The molecule has 0 saturated carbocycles. The van der Waals surface area contributed by atoms with Gasteiger partial charge in [-0.15, -0.1) is 0 Å². The van der Waals surface area contributed by atoms with Crippen LogP contribution in [0.4, 0.5) is 4.39 Å².